The standard InChI is InChI=1S/C12H24N2O2/c1-11-6-4-8-14(10-11)12(15)13(2)7-5-9-16-3/h11H,4-10H2,1-3H3. The smallest absolute Gasteiger partial charge is 0.319 e. The van der Waals surface area contributed by atoms with E-state index in [1.807, 2.05) is 11.9 Å². The van der Waals surface area contributed by atoms with Crippen LogP contribution in [0.4, 0.5) is 4.79 Å². The van der Waals surface area contributed by atoms with Gasteiger partial charge in [0.15, 0.2) is 0 Å². The van der Waals surface area contributed by atoms with Crippen molar-refractivity contribution in [1.29, 1.82) is 0 Å². The lowest BCUT2D eigenvalue weighted by Crippen LogP contribution is -2.46. The van der Waals surface area contributed by atoms with E-state index in [-0.39, 0.29) is 6.03 Å². The van der Waals surface area contributed by atoms with Crippen LogP contribution in [0.15, 0.2) is 0 Å². The predicted octanol–water partition coefficient (Wildman–Crippen LogP) is 1.81. The summed E-state index contributed by atoms with van der Waals surface area (Å²) in [7, 11) is 3.56. The monoisotopic (exact) mass is 228 g/mol. The average molecular weight is 228 g/mol. The molecule has 4 nitrogen and oxygen atoms in total. The minimum Gasteiger partial charge on any atom is -0.385 e. The van der Waals surface area contributed by atoms with E-state index < -0.39 is 0 Å². The van der Waals surface area contributed by atoms with Crippen molar-refractivity contribution in [3.63, 3.8) is 0 Å². The van der Waals surface area contributed by atoms with Gasteiger partial charge >= 0.3 is 6.03 Å². The molecule has 0 N–H and O–H groups in total. The first kappa shape index (κ1) is 13.3. The Labute approximate surface area is 98.5 Å². The third-order valence-corrected chi connectivity index (χ3v) is 3.10. The third-order valence-electron chi connectivity index (χ3n) is 3.10. The molecular formula is C12H24N2O2. The van der Waals surface area contributed by atoms with Crippen LogP contribution in [0, 0.1) is 5.92 Å². The number of hydrogen-bond acceptors (Lipinski definition) is 2. The molecule has 0 aromatic carbocycles. The summed E-state index contributed by atoms with van der Waals surface area (Å²) in [4.78, 5) is 15.8. The van der Waals surface area contributed by atoms with Crippen LogP contribution < -0.4 is 0 Å². The van der Waals surface area contributed by atoms with Gasteiger partial charge in [-0.2, -0.15) is 0 Å². The summed E-state index contributed by atoms with van der Waals surface area (Å²) >= 11 is 0. The molecule has 94 valence electrons. The number of methoxy groups -OCH3 is 1. The van der Waals surface area contributed by atoms with Gasteiger partial charge in [0.1, 0.15) is 0 Å². The van der Waals surface area contributed by atoms with Crippen LogP contribution in [0.2, 0.25) is 0 Å². The Kier molecular flexibility index (Phi) is 5.60. The fourth-order valence-corrected chi connectivity index (χ4v) is 2.15. The quantitative estimate of drug-likeness (QED) is 0.687. The van der Waals surface area contributed by atoms with Crippen molar-refractivity contribution >= 4 is 6.03 Å². The summed E-state index contributed by atoms with van der Waals surface area (Å²) in [6, 6.07) is 0.169. The van der Waals surface area contributed by atoms with E-state index in [4.69, 9.17) is 4.74 Å². The molecule has 16 heavy (non-hydrogen) atoms. The molecule has 0 bridgehead atoms. The molecule has 1 saturated heterocycles. The number of nitrogens with zero attached hydrogens (tertiary/aromatic N) is 2. The highest BCUT2D eigenvalue weighted by molar-refractivity contribution is 5.74. The minimum atomic E-state index is 0.169. The van der Waals surface area contributed by atoms with Crippen LogP contribution in [-0.4, -0.2) is 56.2 Å². The van der Waals surface area contributed by atoms with Gasteiger partial charge in [0, 0.05) is 40.4 Å². The van der Waals surface area contributed by atoms with E-state index in [0.29, 0.717) is 12.5 Å². The zero-order valence-electron chi connectivity index (χ0n) is 10.7. The second-order valence-corrected chi connectivity index (χ2v) is 4.74. The van der Waals surface area contributed by atoms with E-state index in [9.17, 15) is 4.79 Å². The number of likely N-dealkylation sites (tertiary alicyclic amines) is 1. The highest BCUT2D eigenvalue weighted by atomic mass is 16.5. The molecule has 0 radical (unpaired) electrons. The van der Waals surface area contributed by atoms with Gasteiger partial charge in [0.05, 0.1) is 0 Å². The Balaban J connectivity index is 2.31. The number of rotatable bonds is 4. The Morgan fingerprint density at radius 3 is 2.94 bits per heavy atom. The number of hydrogen-bond donors (Lipinski definition) is 0. The molecule has 0 aromatic rings. The van der Waals surface area contributed by atoms with Gasteiger partial charge in [-0.15, -0.1) is 0 Å². The molecule has 1 rings (SSSR count). The Hall–Kier alpha value is -0.770. The minimum absolute atomic E-state index is 0.169. The van der Waals surface area contributed by atoms with Crippen LogP contribution in [0.5, 0.6) is 0 Å². The normalized spacial score (nSPS) is 20.9. The first-order valence-corrected chi connectivity index (χ1v) is 6.14. The van der Waals surface area contributed by atoms with E-state index in [0.717, 1.165) is 32.5 Å². The van der Waals surface area contributed by atoms with Crippen LogP contribution in [0.25, 0.3) is 0 Å². The second kappa shape index (κ2) is 6.74. The number of urea groups is 1. The molecule has 0 aromatic heterocycles. The number of ether oxygens (including phenoxy) is 1. The van der Waals surface area contributed by atoms with Gasteiger partial charge in [-0.25, -0.2) is 4.79 Å². The molecule has 4 heteroatoms. The van der Waals surface area contributed by atoms with Crippen molar-refractivity contribution in [1.82, 2.24) is 9.80 Å². The van der Waals surface area contributed by atoms with Crippen molar-refractivity contribution in [3.8, 4) is 0 Å². The molecule has 0 spiro atoms. The zero-order chi connectivity index (χ0) is 12.0. The lowest BCUT2D eigenvalue weighted by atomic mass is 10.0. The number of carbonyl (C=O) groups is 1. The molecule has 1 fully saturated rings. The number of amides is 2. The topological polar surface area (TPSA) is 32.8 Å². The van der Waals surface area contributed by atoms with E-state index in [1.54, 1.807) is 12.0 Å². The summed E-state index contributed by atoms with van der Waals surface area (Å²) in [5.74, 6) is 0.644. The molecule has 2 amide bonds. The van der Waals surface area contributed by atoms with Gasteiger partial charge in [0.25, 0.3) is 0 Å². The fourth-order valence-electron chi connectivity index (χ4n) is 2.15. The number of carbonyl (C=O) groups excluding carboxylic acids is 1. The average Bonchev–Trinajstić information content (AvgIpc) is 2.28. The molecule has 1 heterocycles. The van der Waals surface area contributed by atoms with Crippen molar-refractivity contribution in [2.75, 3.05) is 40.4 Å². The fraction of sp³-hybridized carbons (Fsp3) is 0.917. The van der Waals surface area contributed by atoms with Gasteiger partial charge in [-0.3, -0.25) is 0 Å². The highest BCUT2D eigenvalue weighted by Crippen LogP contribution is 2.16. The lowest BCUT2D eigenvalue weighted by Gasteiger charge is -2.34. The zero-order valence-corrected chi connectivity index (χ0v) is 10.7. The van der Waals surface area contributed by atoms with Crippen LogP contribution in [0.3, 0.4) is 0 Å². The molecular weight excluding hydrogens is 204 g/mol. The highest BCUT2D eigenvalue weighted by Gasteiger charge is 2.22. The maximum atomic E-state index is 12.0. The SMILES string of the molecule is COCCCN(C)C(=O)N1CCCC(C)C1. The van der Waals surface area contributed by atoms with Crippen LogP contribution in [0.1, 0.15) is 26.2 Å². The van der Waals surface area contributed by atoms with Gasteiger partial charge in [-0.05, 0) is 25.2 Å². The van der Waals surface area contributed by atoms with Crippen molar-refractivity contribution in [2.45, 2.75) is 26.2 Å². The summed E-state index contributed by atoms with van der Waals surface area (Å²) in [5.41, 5.74) is 0. The third kappa shape index (κ3) is 4.00. The molecule has 1 unspecified atom stereocenters. The van der Waals surface area contributed by atoms with E-state index >= 15 is 0 Å². The predicted molar refractivity (Wildman–Crippen MR) is 64.5 cm³/mol. The van der Waals surface area contributed by atoms with Crippen molar-refractivity contribution < 1.29 is 9.53 Å². The molecule has 1 aliphatic heterocycles. The Bertz CT molecular complexity index is 221. The summed E-state index contributed by atoms with van der Waals surface area (Å²) in [6.07, 6.45) is 3.29. The van der Waals surface area contributed by atoms with Crippen molar-refractivity contribution in [3.05, 3.63) is 0 Å². The van der Waals surface area contributed by atoms with E-state index in [2.05, 4.69) is 6.92 Å². The first-order chi connectivity index (χ1) is 7.65. The van der Waals surface area contributed by atoms with E-state index in [1.165, 1.54) is 6.42 Å². The maximum Gasteiger partial charge on any atom is 0.319 e. The second-order valence-electron chi connectivity index (χ2n) is 4.74. The Morgan fingerprint density at radius 2 is 2.31 bits per heavy atom. The van der Waals surface area contributed by atoms with Gasteiger partial charge in [0.2, 0.25) is 0 Å². The first-order valence-electron chi connectivity index (χ1n) is 6.14. The Morgan fingerprint density at radius 1 is 1.56 bits per heavy atom. The van der Waals surface area contributed by atoms with Gasteiger partial charge < -0.3 is 14.5 Å². The molecule has 0 aliphatic carbocycles. The summed E-state index contributed by atoms with van der Waals surface area (Å²) in [5, 5.41) is 0. The summed E-state index contributed by atoms with van der Waals surface area (Å²) < 4.78 is 4.98. The molecule has 1 atom stereocenters. The van der Waals surface area contributed by atoms with Crippen LogP contribution in [-0.2, 0) is 4.74 Å². The maximum absolute atomic E-state index is 12.0. The van der Waals surface area contributed by atoms with Gasteiger partial charge in [-0.1, -0.05) is 6.92 Å². The lowest BCUT2D eigenvalue weighted by molar-refractivity contribution is 0.132. The largest absolute Gasteiger partial charge is 0.385 e. The summed E-state index contributed by atoms with van der Waals surface area (Å²) in [6.45, 7) is 5.53. The molecule has 1 aliphatic rings. The molecule has 0 saturated carbocycles. The number of piperidine rings is 1. The van der Waals surface area contributed by atoms with Crippen molar-refractivity contribution in [2.24, 2.45) is 5.92 Å². The van der Waals surface area contributed by atoms with Crippen LogP contribution >= 0.6 is 0 Å².